The Morgan fingerprint density at radius 1 is 1.29 bits per heavy atom. The van der Waals surface area contributed by atoms with Gasteiger partial charge in [0.05, 0.1) is 6.04 Å². The molecule has 0 spiro atoms. The first-order valence-corrected chi connectivity index (χ1v) is 10.4. The lowest BCUT2D eigenvalue weighted by Crippen LogP contribution is -2.64. The number of carbonyl (C=O) groups is 3. The summed E-state index contributed by atoms with van der Waals surface area (Å²) in [6, 6.07) is -0.220. The minimum absolute atomic E-state index is 0.151. The number of rotatable bonds is 8. The molecule has 2 aliphatic heterocycles. The Hall–Kier alpha value is -2.23. The van der Waals surface area contributed by atoms with E-state index in [4.69, 9.17) is 14.2 Å². The molecule has 4 atom stereocenters. The number of allylic oxidation sites excluding steroid dienone is 1. The lowest BCUT2D eigenvalue weighted by atomic mass is 9.81. The summed E-state index contributed by atoms with van der Waals surface area (Å²) < 4.78 is 16.0. The highest BCUT2D eigenvalue weighted by Crippen LogP contribution is 2.33. The van der Waals surface area contributed by atoms with E-state index in [1.54, 1.807) is 19.9 Å². The third-order valence-corrected chi connectivity index (χ3v) is 5.97. The Labute approximate surface area is 182 Å². The number of fused-ring (bicyclic) bond motifs is 1. The fourth-order valence-electron chi connectivity index (χ4n) is 3.98. The predicted molar refractivity (Wildman–Crippen MR) is 111 cm³/mol. The fraction of sp³-hybridized carbons (Fsp3) is 0.682. The minimum Gasteiger partial charge on any atom is -0.459 e. The van der Waals surface area contributed by atoms with Gasteiger partial charge in [0.25, 0.3) is 0 Å². The molecule has 9 nitrogen and oxygen atoms in total. The van der Waals surface area contributed by atoms with Gasteiger partial charge in [-0.3, -0.25) is 9.69 Å². The Kier molecular flexibility index (Phi) is 7.67. The normalized spacial score (nSPS) is 24.6. The van der Waals surface area contributed by atoms with E-state index in [2.05, 4.69) is 4.90 Å². The molecule has 0 unspecified atom stereocenters. The number of aliphatic hydroxyl groups is 2. The van der Waals surface area contributed by atoms with Crippen LogP contribution in [0.1, 0.15) is 48.0 Å². The molecule has 0 aromatic carbocycles. The summed E-state index contributed by atoms with van der Waals surface area (Å²) in [4.78, 5) is 38.4. The fourth-order valence-corrected chi connectivity index (χ4v) is 3.98. The van der Waals surface area contributed by atoms with Gasteiger partial charge in [-0.2, -0.15) is 0 Å². The summed E-state index contributed by atoms with van der Waals surface area (Å²) in [7, 11) is 0. The number of ether oxygens (including phenoxy) is 3. The summed E-state index contributed by atoms with van der Waals surface area (Å²) in [6.07, 6.45) is 2.54. The van der Waals surface area contributed by atoms with E-state index in [9.17, 15) is 24.6 Å². The zero-order valence-electron chi connectivity index (χ0n) is 19.0. The molecule has 9 heteroatoms. The average Bonchev–Trinajstić information content (AvgIpc) is 3.26. The molecule has 1 saturated heterocycles. The molecular weight excluding hydrogens is 406 g/mol. The van der Waals surface area contributed by atoms with Crippen LogP contribution in [0.15, 0.2) is 23.3 Å². The van der Waals surface area contributed by atoms with Crippen LogP contribution < -0.4 is 0 Å². The van der Waals surface area contributed by atoms with Crippen LogP contribution >= 0.6 is 0 Å². The van der Waals surface area contributed by atoms with Gasteiger partial charge < -0.3 is 24.4 Å². The topological polar surface area (TPSA) is 123 Å². The zero-order valence-corrected chi connectivity index (χ0v) is 19.0. The van der Waals surface area contributed by atoms with Gasteiger partial charge in [-0.25, -0.2) is 9.59 Å². The molecule has 0 aromatic rings. The standard InChI is InChI=1S/C22H33NO8/c1-7-13(2)19(25)31-17-9-11-23-10-8-16(18(17)23)12-29-20(26)22(28,21(5,6)27)14(3)30-15(4)24/h7-8,14,17-18,27-28H,9-12H2,1-6H3/b13-7-/t14-,17-,18+,22+/m0/s1. The van der Waals surface area contributed by atoms with Gasteiger partial charge in [0.2, 0.25) is 5.60 Å². The highest BCUT2D eigenvalue weighted by molar-refractivity contribution is 5.87. The Balaban J connectivity index is 2.10. The number of hydrogen-bond acceptors (Lipinski definition) is 9. The highest BCUT2D eigenvalue weighted by atomic mass is 16.6. The van der Waals surface area contributed by atoms with Gasteiger partial charge in [0.1, 0.15) is 24.4 Å². The molecule has 0 radical (unpaired) electrons. The maximum Gasteiger partial charge on any atom is 0.345 e. The zero-order chi connectivity index (χ0) is 23.6. The van der Waals surface area contributed by atoms with Crippen molar-refractivity contribution in [1.29, 1.82) is 0 Å². The quantitative estimate of drug-likeness (QED) is 0.245. The lowest BCUT2D eigenvalue weighted by molar-refractivity contribution is -0.219. The molecule has 2 N–H and O–H groups in total. The smallest absolute Gasteiger partial charge is 0.345 e. The summed E-state index contributed by atoms with van der Waals surface area (Å²) in [6.45, 7) is 9.59. The van der Waals surface area contributed by atoms with Crippen LogP contribution in [0, 0.1) is 0 Å². The van der Waals surface area contributed by atoms with Gasteiger partial charge in [-0.15, -0.1) is 0 Å². The lowest BCUT2D eigenvalue weighted by Gasteiger charge is -2.39. The molecule has 2 aliphatic rings. The summed E-state index contributed by atoms with van der Waals surface area (Å²) in [5, 5.41) is 21.4. The molecule has 1 fully saturated rings. The van der Waals surface area contributed by atoms with E-state index in [0.717, 1.165) is 19.0 Å². The Bertz CT molecular complexity index is 781. The van der Waals surface area contributed by atoms with Crippen molar-refractivity contribution in [3.63, 3.8) is 0 Å². The number of carbonyl (C=O) groups excluding carboxylic acids is 3. The van der Waals surface area contributed by atoms with Gasteiger partial charge in [-0.05, 0) is 46.6 Å². The van der Waals surface area contributed by atoms with Crippen molar-refractivity contribution >= 4 is 17.9 Å². The first-order chi connectivity index (χ1) is 14.3. The molecule has 0 amide bonds. The van der Waals surface area contributed by atoms with Gasteiger partial charge >= 0.3 is 17.9 Å². The molecule has 174 valence electrons. The summed E-state index contributed by atoms with van der Waals surface area (Å²) >= 11 is 0. The van der Waals surface area contributed by atoms with E-state index in [1.807, 2.05) is 6.08 Å². The van der Waals surface area contributed by atoms with Gasteiger partial charge in [0.15, 0.2) is 0 Å². The van der Waals surface area contributed by atoms with Crippen LogP contribution in [0.4, 0.5) is 0 Å². The van der Waals surface area contributed by atoms with Crippen molar-refractivity contribution in [3.8, 4) is 0 Å². The van der Waals surface area contributed by atoms with Crippen LogP contribution in [0.2, 0.25) is 0 Å². The maximum atomic E-state index is 12.8. The molecule has 0 aromatic heterocycles. The highest BCUT2D eigenvalue weighted by Gasteiger charge is 2.56. The molecule has 31 heavy (non-hydrogen) atoms. The van der Waals surface area contributed by atoms with Crippen LogP contribution in [0.5, 0.6) is 0 Å². The second-order valence-electron chi connectivity index (χ2n) is 8.58. The van der Waals surface area contributed by atoms with E-state index >= 15 is 0 Å². The summed E-state index contributed by atoms with van der Waals surface area (Å²) in [5.41, 5.74) is -3.14. The average molecular weight is 440 g/mol. The van der Waals surface area contributed by atoms with Crippen molar-refractivity contribution in [3.05, 3.63) is 23.3 Å². The van der Waals surface area contributed by atoms with Crippen molar-refractivity contribution in [2.75, 3.05) is 19.7 Å². The van der Waals surface area contributed by atoms with E-state index in [-0.39, 0.29) is 24.7 Å². The number of nitrogens with zero attached hydrogens (tertiary/aromatic N) is 1. The largest absolute Gasteiger partial charge is 0.459 e. The van der Waals surface area contributed by atoms with Crippen LogP contribution in [0.25, 0.3) is 0 Å². The van der Waals surface area contributed by atoms with Crippen molar-refractivity contribution in [2.45, 2.75) is 77.4 Å². The molecule has 2 rings (SSSR count). The Morgan fingerprint density at radius 2 is 1.94 bits per heavy atom. The minimum atomic E-state index is -2.47. The predicted octanol–water partition coefficient (Wildman–Crippen LogP) is 0.876. The SMILES string of the molecule is C/C=C(/C)C(=O)O[C@H]1CCN2CC=C(COC(=O)[C@](O)([C@H](C)OC(C)=O)C(C)(C)O)[C@H]12. The monoisotopic (exact) mass is 439 g/mol. The van der Waals surface area contributed by atoms with Crippen LogP contribution in [-0.2, 0) is 28.6 Å². The van der Waals surface area contributed by atoms with Crippen molar-refractivity contribution in [1.82, 2.24) is 4.90 Å². The van der Waals surface area contributed by atoms with E-state index < -0.39 is 29.2 Å². The third-order valence-electron chi connectivity index (χ3n) is 5.97. The third kappa shape index (κ3) is 5.16. The number of hydrogen-bond donors (Lipinski definition) is 2. The van der Waals surface area contributed by atoms with Crippen LogP contribution in [0.3, 0.4) is 0 Å². The van der Waals surface area contributed by atoms with E-state index in [1.165, 1.54) is 20.8 Å². The second kappa shape index (κ2) is 9.50. The first kappa shape index (κ1) is 25.0. The Morgan fingerprint density at radius 3 is 2.48 bits per heavy atom. The van der Waals surface area contributed by atoms with E-state index in [0.29, 0.717) is 18.5 Å². The number of esters is 3. The van der Waals surface area contributed by atoms with Crippen molar-refractivity contribution < 1.29 is 38.8 Å². The molecule has 0 aliphatic carbocycles. The molecule has 2 heterocycles. The van der Waals surface area contributed by atoms with Crippen LogP contribution in [-0.4, -0.2) is 82.2 Å². The maximum absolute atomic E-state index is 12.8. The van der Waals surface area contributed by atoms with Crippen molar-refractivity contribution in [2.24, 2.45) is 0 Å². The first-order valence-electron chi connectivity index (χ1n) is 10.4. The molecule has 0 saturated carbocycles. The molecular formula is C22H33NO8. The summed E-state index contributed by atoms with van der Waals surface area (Å²) in [5.74, 6) is -2.20. The molecule has 0 bridgehead atoms. The second-order valence-corrected chi connectivity index (χ2v) is 8.58. The van der Waals surface area contributed by atoms with Gasteiger partial charge in [-0.1, -0.05) is 12.2 Å². The van der Waals surface area contributed by atoms with Gasteiger partial charge in [0, 0.05) is 25.6 Å².